The van der Waals surface area contributed by atoms with Crippen molar-refractivity contribution in [1.29, 1.82) is 0 Å². The van der Waals surface area contributed by atoms with Crippen molar-refractivity contribution < 1.29 is 106 Å². The van der Waals surface area contributed by atoms with Crippen molar-refractivity contribution in [2.75, 3.05) is 45.8 Å². The molecular weight excluding hydrogens is 1750 g/mol. The third-order valence-electron chi connectivity index (χ3n) is 21.3. The minimum Gasteiger partial charge on any atom is -0.481 e. The van der Waals surface area contributed by atoms with Crippen LogP contribution in [-0.2, 0) is 102 Å². The molecule has 1 aromatic carbocycles. The highest BCUT2D eigenvalue weighted by atomic mass is 16.4. The number of carboxylic acid groups (broad SMARTS) is 2. The number of likely N-dealkylation sites (tertiary alicyclic amines) is 1. The second-order valence-corrected chi connectivity index (χ2v) is 35.3. The number of carbonyl (C=O) groups is 20. The third kappa shape index (κ3) is 46.4. The van der Waals surface area contributed by atoms with E-state index >= 15 is 4.79 Å². The number of nitrogens with two attached hydrogens (primary N) is 7. The maximum Gasteiger partial charge on any atom is 0.326 e. The number of nitrogens with zero attached hydrogens (tertiary/aromatic N) is 2. The van der Waals surface area contributed by atoms with E-state index in [1.165, 1.54) is 32.6 Å². The molecule has 1 aliphatic rings. The van der Waals surface area contributed by atoms with Crippen molar-refractivity contribution >= 4 is 124 Å². The molecule has 0 bridgehead atoms. The summed E-state index contributed by atoms with van der Waals surface area (Å²) in [6.45, 7) is 18.6. The predicted molar refractivity (Wildman–Crippen MR) is 493 cm³/mol. The standard InChI is InChI=1S/C87H149N25O22/c1-46(2)38-61(102-68(114)44-96-76(123)56(26-16-19-33-88)104-73(120)52(11)100-77(124)58(29-22-36-95-87(93)94)106-72(119)51(10)98-71(118)50(9)99-75(122)55(91)43-70(116)117)81(128)107-59(31-32-67(92)113)79(126)111-65(42-54-24-14-13-15-25-54)85(132)112-37-23-30-66(112)84(131)97-45-69(115)103-62(39-47(3)4)82(129)110-63(40-48(5)6)80(127)101-53(12)74(121)105-57(27-17-20-34-89)78(125)109-64(41-49(7)8)83(130)108-60(86(133)134)28-18-21-35-90/h13-15,24-25,46-53,55-66H,16-23,26-45,88-91H2,1-12H3,(H2,92,113)(H,96,123)(H,97,131)(H,98,118)(H,99,122)(H,100,124)(H,101,127)(H,102,114)(H,103,115)(H,104,120)(H,105,121)(H,106,119)(H,107,128)(H,108,130)(H,109,125)(H,110,129)(H,111,126)(H,116,117)(H,133,134)(H4,93,94,95)/t50-,51-,52-,53-,55-,56-,57-,58-,59-,60-,61-,62-,63-,64-,65-,66-/m0/s1. The van der Waals surface area contributed by atoms with E-state index in [1.807, 2.05) is 0 Å². The molecule has 32 N–H and O–H groups in total. The molecule has 1 fully saturated rings. The van der Waals surface area contributed by atoms with Gasteiger partial charge < -0.3 is 140 Å². The van der Waals surface area contributed by atoms with Crippen molar-refractivity contribution in [3.8, 4) is 0 Å². The van der Waals surface area contributed by atoms with Crippen molar-refractivity contribution in [3.05, 3.63) is 35.9 Å². The van der Waals surface area contributed by atoms with Gasteiger partial charge in [0.15, 0.2) is 5.96 Å². The van der Waals surface area contributed by atoms with Crippen LogP contribution in [0.1, 0.15) is 217 Å². The highest BCUT2D eigenvalue weighted by Gasteiger charge is 2.41. The van der Waals surface area contributed by atoms with E-state index < -0.39 is 247 Å². The number of nitrogens with one attached hydrogen (secondary N) is 16. The molecule has 0 aromatic heterocycles. The first-order chi connectivity index (χ1) is 63.0. The first-order valence-electron chi connectivity index (χ1n) is 45.8. The predicted octanol–water partition coefficient (Wildman–Crippen LogP) is -5.90. The van der Waals surface area contributed by atoms with E-state index in [4.69, 9.17) is 45.2 Å². The SMILES string of the molecule is CC(C)C[C@H](NC(=O)CNC(=O)[C@@H]1CCCN1C(=O)[C@H](Cc1ccccc1)NC(=O)[C@H](CCC(N)=O)NC(=O)[C@H](CC(C)C)NC(=O)CNC(=O)[C@H](CCCCN)NC(=O)[C@H](C)NC(=O)[C@H](CCCN=C(N)N)NC(=O)[C@H](C)NC(=O)[C@H](C)NC(=O)[C@@H](N)CC(=O)O)C(=O)N[C@@H](CC(C)C)C(=O)N[C@@H](C)C(=O)N[C@@H](CCCCN)C(=O)N[C@@H](CC(C)C)C(=O)N[C@@H](CCCCN)C(=O)O. The molecule has 1 heterocycles. The molecule has 18 amide bonds. The number of guanidine groups is 1. The Morgan fingerprint density at radius 3 is 1.13 bits per heavy atom. The van der Waals surface area contributed by atoms with Gasteiger partial charge in [0.2, 0.25) is 106 Å². The molecule has 0 spiro atoms. The summed E-state index contributed by atoms with van der Waals surface area (Å²) >= 11 is 0. The monoisotopic (exact) mass is 1900 g/mol. The zero-order valence-corrected chi connectivity index (χ0v) is 79.2. The summed E-state index contributed by atoms with van der Waals surface area (Å²) in [5, 5.41) is 59.7. The maximum absolute atomic E-state index is 15.0. The highest BCUT2D eigenvalue weighted by Crippen LogP contribution is 2.22. The Labute approximate surface area is 782 Å². The molecule has 134 heavy (non-hydrogen) atoms. The summed E-state index contributed by atoms with van der Waals surface area (Å²) in [6.07, 6.45) is 1.27. The van der Waals surface area contributed by atoms with Crippen molar-refractivity contribution in [2.24, 2.45) is 68.8 Å². The van der Waals surface area contributed by atoms with Gasteiger partial charge in [0.1, 0.15) is 90.6 Å². The number of rotatable bonds is 65. The Morgan fingerprint density at radius 1 is 0.388 bits per heavy atom. The van der Waals surface area contributed by atoms with E-state index in [2.05, 4.69) is 90.1 Å². The number of benzene rings is 1. The van der Waals surface area contributed by atoms with Crippen LogP contribution >= 0.6 is 0 Å². The fourth-order valence-corrected chi connectivity index (χ4v) is 14.1. The average Bonchev–Trinajstić information content (AvgIpc) is 1.67. The molecule has 754 valence electrons. The number of amides is 18. The van der Waals surface area contributed by atoms with Crippen molar-refractivity contribution in [1.82, 2.24) is 90.0 Å². The Hall–Kier alpha value is -12.3. The van der Waals surface area contributed by atoms with Crippen LogP contribution in [0.2, 0.25) is 0 Å². The zero-order valence-electron chi connectivity index (χ0n) is 79.2. The quantitative estimate of drug-likeness (QED) is 0.0164. The van der Waals surface area contributed by atoms with Crippen LogP contribution in [0.25, 0.3) is 0 Å². The minimum atomic E-state index is -1.61. The van der Waals surface area contributed by atoms with Gasteiger partial charge in [0, 0.05) is 25.9 Å². The van der Waals surface area contributed by atoms with Crippen LogP contribution in [0.15, 0.2) is 35.3 Å². The maximum atomic E-state index is 15.0. The topological polar surface area (TPSA) is 772 Å². The normalized spacial score (nSPS) is 15.7. The van der Waals surface area contributed by atoms with Crippen LogP contribution in [0.3, 0.4) is 0 Å². The molecule has 1 saturated heterocycles. The number of aliphatic imine (C=N–C) groups is 1. The van der Waals surface area contributed by atoms with Crippen LogP contribution in [0.4, 0.5) is 0 Å². The number of carboxylic acids is 2. The highest BCUT2D eigenvalue weighted by molar-refractivity contribution is 6.01. The summed E-state index contributed by atoms with van der Waals surface area (Å²) in [5.74, 6) is -19.2. The summed E-state index contributed by atoms with van der Waals surface area (Å²) in [7, 11) is 0. The van der Waals surface area contributed by atoms with Crippen molar-refractivity contribution in [2.45, 2.75) is 315 Å². The summed E-state index contributed by atoms with van der Waals surface area (Å²) < 4.78 is 0. The number of primary amides is 1. The van der Waals surface area contributed by atoms with E-state index in [0.717, 1.165) is 0 Å². The molecule has 47 heteroatoms. The molecule has 0 aliphatic carbocycles. The lowest BCUT2D eigenvalue weighted by molar-refractivity contribution is -0.142. The van der Waals surface area contributed by atoms with Crippen molar-refractivity contribution in [3.63, 3.8) is 0 Å². The van der Waals surface area contributed by atoms with Gasteiger partial charge in [-0.3, -0.25) is 96.1 Å². The number of carbonyl (C=O) groups excluding carboxylic acids is 18. The van der Waals surface area contributed by atoms with Gasteiger partial charge in [-0.2, -0.15) is 0 Å². The first kappa shape index (κ1) is 118. The number of aliphatic carboxylic acids is 2. The van der Waals surface area contributed by atoms with E-state index in [1.54, 1.807) is 85.7 Å². The second-order valence-electron chi connectivity index (χ2n) is 35.3. The molecule has 1 aromatic rings. The number of unbranched alkanes of at least 4 members (excludes halogenated alkanes) is 3. The zero-order chi connectivity index (χ0) is 101. The Kier molecular flexibility index (Phi) is 54.7. The van der Waals surface area contributed by atoms with Crippen LogP contribution in [0.5, 0.6) is 0 Å². The molecule has 0 radical (unpaired) electrons. The van der Waals surface area contributed by atoms with Gasteiger partial charge in [-0.05, 0) is 192 Å². The minimum absolute atomic E-state index is 0.000377. The lowest BCUT2D eigenvalue weighted by atomic mass is 9.99. The van der Waals surface area contributed by atoms with Gasteiger partial charge in [-0.25, -0.2) is 4.79 Å². The molecule has 0 unspecified atom stereocenters. The smallest absolute Gasteiger partial charge is 0.326 e. The lowest BCUT2D eigenvalue weighted by Crippen LogP contribution is -2.59. The number of hydrogen-bond donors (Lipinski definition) is 25. The van der Waals surface area contributed by atoms with Gasteiger partial charge in [0.25, 0.3) is 0 Å². The molecule has 2 rings (SSSR count). The Morgan fingerprint density at radius 2 is 0.724 bits per heavy atom. The Balaban J connectivity index is 2.35. The first-order valence-corrected chi connectivity index (χ1v) is 45.8. The van der Waals surface area contributed by atoms with E-state index in [0.29, 0.717) is 44.2 Å². The number of hydrogen-bond acceptors (Lipinski definition) is 25. The lowest BCUT2D eigenvalue weighted by Gasteiger charge is -2.30. The molecule has 16 atom stereocenters. The second kappa shape index (κ2) is 62.3. The Bertz CT molecular complexity index is 4100. The molecule has 1 aliphatic heterocycles. The van der Waals surface area contributed by atoms with Crippen LogP contribution < -0.4 is 125 Å². The van der Waals surface area contributed by atoms with Gasteiger partial charge >= 0.3 is 11.9 Å². The van der Waals surface area contributed by atoms with E-state index in [-0.39, 0.29) is 139 Å². The summed E-state index contributed by atoms with van der Waals surface area (Å²) in [5.41, 5.74) is 39.8. The van der Waals surface area contributed by atoms with Gasteiger partial charge in [-0.15, -0.1) is 0 Å². The fraction of sp³-hybridized carbons (Fsp3) is 0.690. The van der Waals surface area contributed by atoms with Crippen LogP contribution in [0, 0.1) is 23.7 Å². The molecule has 0 saturated carbocycles. The van der Waals surface area contributed by atoms with Crippen LogP contribution in [-0.4, -0.2) is 282 Å². The summed E-state index contributed by atoms with van der Waals surface area (Å²) in [4.78, 5) is 277. The largest absolute Gasteiger partial charge is 0.481 e. The van der Waals surface area contributed by atoms with Gasteiger partial charge in [0.05, 0.1) is 25.6 Å². The van der Waals surface area contributed by atoms with Gasteiger partial charge in [-0.1, -0.05) is 85.7 Å². The summed E-state index contributed by atoms with van der Waals surface area (Å²) in [6, 6.07) is -13.2. The average molecular weight is 1900 g/mol. The molecular formula is C87H149N25O22. The van der Waals surface area contributed by atoms with E-state index in [9.17, 15) is 96.2 Å². The molecule has 47 nitrogen and oxygen atoms in total. The third-order valence-corrected chi connectivity index (χ3v) is 21.3. The fourth-order valence-electron chi connectivity index (χ4n) is 14.1.